The van der Waals surface area contributed by atoms with Gasteiger partial charge in [-0.3, -0.25) is 0 Å². The predicted octanol–water partition coefficient (Wildman–Crippen LogP) is 2.82. The summed E-state index contributed by atoms with van der Waals surface area (Å²) in [4.78, 5) is 2.50. The summed E-state index contributed by atoms with van der Waals surface area (Å²) in [5, 5.41) is 3.61. The van der Waals surface area contributed by atoms with E-state index < -0.39 is 0 Å². The second-order valence-electron chi connectivity index (χ2n) is 5.43. The van der Waals surface area contributed by atoms with Gasteiger partial charge in [0.15, 0.2) is 0 Å². The Morgan fingerprint density at radius 3 is 2.89 bits per heavy atom. The molecule has 0 spiro atoms. The number of likely N-dealkylation sites (N-methyl/N-ethyl adjacent to an activating group) is 1. The summed E-state index contributed by atoms with van der Waals surface area (Å²) in [5.41, 5.74) is 2.84. The normalized spacial score (nSPS) is 21.1. The molecular weight excluding hydrogens is 220 g/mol. The lowest BCUT2D eigenvalue weighted by Crippen LogP contribution is -2.42. The Hall–Kier alpha value is -0.860. The molecule has 1 atom stereocenters. The zero-order chi connectivity index (χ0) is 12.8. The first-order valence-electron chi connectivity index (χ1n) is 7.28. The zero-order valence-electron chi connectivity index (χ0n) is 11.8. The molecule has 2 nitrogen and oxygen atoms in total. The molecule has 2 heteroatoms. The first-order valence-corrected chi connectivity index (χ1v) is 7.28. The molecule has 0 aromatic heterocycles. The van der Waals surface area contributed by atoms with Crippen molar-refractivity contribution in [3.05, 3.63) is 35.4 Å². The van der Waals surface area contributed by atoms with Gasteiger partial charge in [0.25, 0.3) is 0 Å². The maximum atomic E-state index is 3.61. The summed E-state index contributed by atoms with van der Waals surface area (Å²) in [6.45, 7) is 5.59. The Kier molecular flexibility index (Phi) is 5.21. The smallest absolute Gasteiger partial charge is 0.0217 e. The van der Waals surface area contributed by atoms with E-state index in [0.717, 1.165) is 25.6 Å². The minimum atomic E-state index is 0.730. The second kappa shape index (κ2) is 6.91. The minimum absolute atomic E-state index is 0.730. The molecule has 0 aliphatic carbocycles. The summed E-state index contributed by atoms with van der Waals surface area (Å²) >= 11 is 0. The van der Waals surface area contributed by atoms with Crippen molar-refractivity contribution in [1.29, 1.82) is 0 Å². The van der Waals surface area contributed by atoms with E-state index in [1.54, 1.807) is 0 Å². The molecule has 0 radical (unpaired) electrons. The van der Waals surface area contributed by atoms with Crippen LogP contribution in [-0.2, 0) is 13.0 Å². The maximum absolute atomic E-state index is 3.61. The average molecular weight is 246 g/mol. The van der Waals surface area contributed by atoms with E-state index in [0.29, 0.717) is 0 Å². The topological polar surface area (TPSA) is 15.3 Å². The van der Waals surface area contributed by atoms with Crippen molar-refractivity contribution in [2.45, 2.75) is 45.2 Å². The van der Waals surface area contributed by atoms with Gasteiger partial charge in [0.1, 0.15) is 0 Å². The molecule has 0 amide bonds. The Morgan fingerprint density at radius 1 is 1.28 bits per heavy atom. The van der Waals surface area contributed by atoms with E-state index >= 15 is 0 Å². The highest BCUT2D eigenvalue weighted by Gasteiger charge is 2.17. The fraction of sp³-hybridized carbons (Fsp3) is 0.625. The molecule has 1 aliphatic heterocycles. The molecule has 1 saturated heterocycles. The lowest BCUT2D eigenvalue weighted by molar-refractivity contribution is 0.181. The van der Waals surface area contributed by atoms with Gasteiger partial charge in [-0.25, -0.2) is 0 Å². The van der Waals surface area contributed by atoms with Crippen molar-refractivity contribution in [3.8, 4) is 0 Å². The Bertz CT molecular complexity index is 362. The number of hydrogen-bond acceptors (Lipinski definition) is 2. The van der Waals surface area contributed by atoms with E-state index in [-0.39, 0.29) is 0 Å². The fourth-order valence-corrected chi connectivity index (χ4v) is 2.74. The fourth-order valence-electron chi connectivity index (χ4n) is 2.74. The van der Waals surface area contributed by atoms with Gasteiger partial charge in [-0.2, -0.15) is 0 Å². The largest absolute Gasteiger partial charge is 0.311 e. The van der Waals surface area contributed by atoms with Gasteiger partial charge in [0.05, 0.1) is 0 Å². The SMILES string of the molecule is CCc1cccc(CNCC2CCCCN2C)c1. The number of likely N-dealkylation sites (tertiary alicyclic amines) is 1. The summed E-state index contributed by atoms with van der Waals surface area (Å²) in [6.07, 6.45) is 5.23. The quantitative estimate of drug-likeness (QED) is 0.859. The molecule has 1 aromatic carbocycles. The monoisotopic (exact) mass is 246 g/mol. The third kappa shape index (κ3) is 3.82. The number of piperidine rings is 1. The third-order valence-electron chi connectivity index (χ3n) is 4.03. The number of hydrogen-bond donors (Lipinski definition) is 1. The molecule has 18 heavy (non-hydrogen) atoms. The first kappa shape index (κ1) is 13.6. The molecule has 1 aromatic rings. The van der Waals surface area contributed by atoms with Crippen LogP contribution in [0.5, 0.6) is 0 Å². The van der Waals surface area contributed by atoms with Crippen molar-refractivity contribution >= 4 is 0 Å². The number of rotatable bonds is 5. The molecule has 2 rings (SSSR count). The van der Waals surface area contributed by atoms with Gasteiger partial charge >= 0.3 is 0 Å². The lowest BCUT2D eigenvalue weighted by atomic mass is 10.0. The van der Waals surface area contributed by atoms with Crippen molar-refractivity contribution < 1.29 is 0 Å². The first-order chi connectivity index (χ1) is 8.79. The highest BCUT2D eigenvalue weighted by atomic mass is 15.2. The van der Waals surface area contributed by atoms with Crippen LogP contribution in [0.15, 0.2) is 24.3 Å². The molecule has 1 N–H and O–H groups in total. The van der Waals surface area contributed by atoms with Crippen molar-refractivity contribution in [3.63, 3.8) is 0 Å². The van der Waals surface area contributed by atoms with Crippen LogP contribution in [-0.4, -0.2) is 31.1 Å². The molecule has 1 unspecified atom stereocenters. The van der Waals surface area contributed by atoms with E-state index in [1.807, 2.05) is 0 Å². The number of nitrogens with zero attached hydrogens (tertiary/aromatic N) is 1. The maximum Gasteiger partial charge on any atom is 0.0217 e. The van der Waals surface area contributed by atoms with Gasteiger partial charge in [0, 0.05) is 19.1 Å². The molecule has 100 valence electrons. The Balaban J connectivity index is 1.77. The van der Waals surface area contributed by atoms with Crippen molar-refractivity contribution in [2.24, 2.45) is 0 Å². The van der Waals surface area contributed by atoms with Crippen LogP contribution in [0.25, 0.3) is 0 Å². The molecule has 1 fully saturated rings. The molecule has 0 saturated carbocycles. The van der Waals surface area contributed by atoms with Crippen LogP contribution >= 0.6 is 0 Å². The highest BCUT2D eigenvalue weighted by molar-refractivity contribution is 5.23. The zero-order valence-corrected chi connectivity index (χ0v) is 11.8. The van der Waals surface area contributed by atoms with Crippen LogP contribution < -0.4 is 5.32 Å². The van der Waals surface area contributed by atoms with Crippen LogP contribution in [0.3, 0.4) is 0 Å². The second-order valence-corrected chi connectivity index (χ2v) is 5.43. The van der Waals surface area contributed by atoms with Crippen LogP contribution in [0.1, 0.15) is 37.3 Å². The van der Waals surface area contributed by atoms with E-state index in [4.69, 9.17) is 0 Å². The third-order valence-corrected chi connectivity index (χ3v) is 4.03. The number of benzene rings is 1. The van der Waals surface area contributed by atoms with Crippen molar-refractivity contribution in [2.75, 3.05) is 20.1 Å². The molecular formula is C16H26N2. The van der Waals surface area contributed by atoms with Crippen LogP contribution in [0, 0.1) is 0 Å². The minimum Gasteiger partial charge on any atom is -0.311 e. The summed E-state index contributed by atoms with van der Waals surface area (Å²) in [6, 6.07) is 9.64. The van der Waals surface area contributed by atoms with E-state index in [9.17, 15) is 0 Å². The van der Waals surface area contributed by atoms with E-state index in [1.165, 1.54) is 36.9 Å². The Labute approximate surface area is 111 Å². The summed E-state index contributed by atoms with van der Waals surface area (Å²) in [7, 11) is 2.25. The van der Waals surface area contributed by atoms with E-state index in [2.05, 4.69) is 48.5 Å². The lowest BCUT2D eigenvalue weighted by Gasteiger charge is -2.32. The Morgan fingerprint density at radius 2 is 2.11 bits per heavy atom. The standard InChI is InChI=1S/C16H26N2/c1-3-14-7-6-8-15(11-14)12-17-13-16-9-4-5-10-18(16)2/h6-8,11,16-17H,3-5,9-10,12-13H2,1-2H3. The molecule has 0 bridgehead atoms. The van der Waals surface area contributed by atoms with Gasteiger partial charge < -0.3 is 10.2 Å². The van der Waals surface area contributed by atoms with Gasteiger partial charge in [-0.05, 0) is 44.0 Å². The highest BCUT2D eigenvalue weighted by Crippen LogP contribution is 2.14. The molecule has 1 heterocycles. The van der Waals surface area contributed by atoms with Gasteiger partial charge in [-0.1, -0.05) is 37.6 Å². The predicted molar refractivity (Wildman–Crippen MR) is 77.8 cm³/mol. The van der Waals surface area contributed by atoms with Gasteiger partial charge in [0.2, 0.25) is 0 Å². The van der Waals surface area contributed by atoms with Crippen molar-refractivity contribution in [1.82, 2.24) is 10.2 Å². The van der Waals surface area contributed by atoms with Gasteiger partial charge in [-0.15, -0.1) is 0 Å². The number of nitrogens with one attached hydrogen (secondary N) is 1. The number of aryl methyl sites for hydroxylation is 1. The summed E-state index contributed by atoms with van der Waals surface area (Å²) < 4.78 is 0. The van der Waals surface area contributed by atoms with Crippen LogP contribution in [0.2, 0.25) is 0 Å². The molecule has 1 aliphatic rings. The summed E-state index contributed by atoms with van der Waals surface area (Å²) in [5.74, 6) is 0. The average Bonchev–Trinajstić information content (AvgIpc) is 2.41. The van der Waals surface area contributed by atoms with Crippen LogP contribution in [0.4, 0.5) is 0 Å².